The normalized spacial score (nSPS) is 20.3. The maximum Gasteiger partial charge on any atom is 0.257 e. The van der Waals surface area contributed by atoms with Crippen LogP contribution in [0.3, 0.4) is 0 Å². The molecule has 2 N–H and O–H groups in total. The van der Waals surface area contributed by atoms with Crippen molar-refractivity contribution < 1.29 is 13.9 Å². The van der Waals surface area contributed by atoms with Gasteiger partial charge in [0.15, 0.2) is 0 Å². The summed E-state index contributed by atoms with van der Waals surface area (Å²) in [6, 6.07) is 4.05. The van der Waals surface area contributed by atoms with Crippen LogP contribution < -0.4 is 10.5 Å². The van der Waals surface area contributed by atoms with Crippen molar-refractivity contribution in [3.05, 3.63) is 52.9 Å². The first-order valence-electron chi connectivity index (χ1n) is 9.77. The van der Waals surface area contributed by atoms with E-state index < -0.39 is 5.82 Å². The predicted octanol–water partition coefficient (Wildman–Crippen LogP) is 2.80. The minimum Gasteiger partial charge on any atom is -0.491 e. The molecule has 1 spiro atoms. The fourth-order valence-electron chi connectivity index (χ4n) is 4.47. The highest BCUT2D eigenvalue weighted by atomic mass is 35.5. The van der Waals surface area contributed by atoms with E-state index in [1.165, 1.54) is 23.8 Å². The number of carbonyl (C=O) groups is 1. The van der Waals surface area contributed by atoms with Gasteiger partial charge in [-0.2, -0.15) is 0 Å². The Labute approximate surface area is 176 Å². The molecule has 1 fully saturated rings. The molecular weight excluding hydrogens is 395 g/mol. The first-order valence-corrected chi connectivity index (χ1v) is 9.77. The summed E-state index contributed by atoms with van der Waals surface area (Å²) in [5, 5.41) is 0. The number of benzene rings is 1. The lowest BCUT2D eigenvalue weighted by molar-refractivity contribution is 0.0628. The van der Waals surface area contributed by atoms with Crippen LogP contribution >= 0.6 is 12.4 Å². The van der Waals surface area contributed by atoms with E-state index in [0.29, 0.717) is 25.4 Å². The van der Waals surface area contributed by atoms with Crippen LogP contribution in [0.2, 0.25) is 0 Å². The van der Waals surface area contributed by atoms with Gasteiger partial charge in [-0.25, -0.2) is 14.4 Å². The molecule has 2 heterocycles. The summed E-state index contributed by atoms with van der Waals surface area (Å²) in [7, 11) is 0. The summed E-state index contributed by atoms with van der Waals surface area (Å²) in [5.74, 6) is 0.474. The van der Waals surface area contributed by atoms with Crippen molar-refractivity contribution in [3.8, 4) is 5.75 Å². The minimum atomic E-state index is -0.454. The van der Waals surface area contributed by atoms with E-state index in [2.05, 4.69) is 4.98 Å². The van der Waals surface area contributed by atoms with E-state index in [4.69, 9.17) is 15.5 Å². The van der Waals surface area contributed by atoms with Crippen LogP contribution in [-0.4, -0.2) is 47.0 Å². The Kier molecular flexibility index (Phi) is 6.39. The van der Waals surface area contributed by atoms with Crippen molar-refractivity contribution in [1.29, 1.82) is 0 Å². The van der Waals surface area contributed by atoms with Gasteiger partial charge in [0, 0.05) is 31.2 Å². The second kappa shape index (κ2) is 8.63. The van der Waals surface area contributed by atoms with E-state index in [1.54, 1.807) is 0 Å². The monoisotopic (exact) mass is 420 g/mol. The number of rotatable bonds is 4. The molecule has 1 saturated heterocycles. The van der Waals surface area contributed by atoms with Crippen LogP contribution in [0.5, 0.6) is 5.75 Å². The number of halogens is 2. The maximum atomic E-state index is 13.9. The zero-order valence-corrected chi connectivity index (χ0v) is 17.3. The van der Waals surface area contributed by atoms with Gasteiger partial charge in [-0.3, -0.25) is 4.79 Å². The fourth-order valence-corrected chi connectivity index (χ4v) is 4.47. The van der Waals surface area contributed by atoms with Crippen molar-refractivity contribution in [2.24, 2.45) is 5.73 Å². The molecule has 2 aromatic rings. The lowest BCUT2D eigenvalue weighted by Crippen LogP contribution is -2.48. The van der Waals surface area contributed by atoms with E-state index >= 15 is 0 Å². The van der Waals surface area contributed by atoms with Gasteiger partial charge in [0.2, 0.25) is 0 Å². The number of nitrogens with zero attached hydrogens (tertiary/aromatic N) is 3. The highest BCUT2D eigenvalue weighted by molar-refractivity contribution is 5.97. The molecule has 1 aliphatic heterocycles. The average molecular weight is 421 g/mol. The quantitative estimate of drug-likeness (QED) is 0.822. The Morgan fingerprint density at radius 2 is 2.21 bits per heavy atom. The van der Waals surface area contributed by atoms with Crippen molar-refractivity contribution in [2.75, 3.05) is 26.2 Å². The van der Waals surface area contributed by atoms with E-state index in [-0.39, 0.29) is 35.9 Å². The summed E-state index contributed by atoms with van der Waals surface area (Å²) in [4.78, 5) is 24.1. The molecule has 1 aromatic heterocycles. The number of aromatic nitrogens is 2. The molecule has 156 valence electrons. The summed E-state index contributed by atoms with van der Waals surface area (Å²) in [6.07, 6.45) is 5.70. The number of aryl methyl sites for hydroxylation is 2. The molecule has 6 nitrogen and oxygen atoms in total. The smallest absolute Gasteiger partial charge is 0.257 e. The third-order valence-electron chi connectivity index (χ3n) is 5.77. The molecule has 1 amide bonds. The molecule has 1 aliphatic carbocycles. The zero-order chi connectivity index (χ0) is 19.7. The van der Waals surface area contributed by atoms with Crippen molar-refractivity contribution in [3.63, 3.8) is 0 Å². The minimum absolute atomic E-state index is 0. The average Bonchev–Trinajstić information content (AvgIpc) is 3.03. The summed E-state index contributed by atoms with van der Waals surface area (Å²) in [6.45, 7) is 3.73. The fraction of sp³-hybridized carbons (Fsp3) is 0.476. The highest BCUT2D eigenvalue weighted by Gasteiger charge is 2.45. The Balaban J connectivity index is 0.00000240. The largest absolute Gasteiger partial charge is 0.491 e. The molecule has 4 rings (SSSR count). The van der Waals surface area contributed by atoms with Crippen LogP contribution in [0.1, 0.15) is 46.7 Å². The van der Waals surface area contributed by atoms with Crippen molar-refractivity contribution >= 4 is 18.3 Å². The Bertz CT molecular complexity index is 906. The van der Waals surface area contributed by atoms with Gasteiger partial charge in [-0.15, -0.1) is 12.4 Å². The third kappa shape index (κ3) is 4.07. The first-order chi connectivity index (χ1) is 13.5. The van der Waals surface area contributed by atoms with E-state index in [1.807, 2.05) is 18.0 Å². The van der Waals surface area contributed by atoms with Gasteiger partial charge in [0.05, 0.1) is 11.3 Å². The van der Waals surface area contributed by atoms with Crippen molar-refractivity contribution in [2.45, 2.75) is 38.0 Å². The Morgan fingerprint density at radius 3 is 3.00 bits per heavy atom. The summed E-state index contributed by atoms with van der Waals surface area (Å²) in [5.41, 5.74) is 7.88. The van der Waals surface area contributed by atoms with E-state index in [0.717, 1.165) is 37.2 Å². The Hall–Kier alpha value is -2.25. The molecule has 29 heavy (non-hydrogen) atoms. The molecule has 0 radical (unpaired) electrons. The molecule has 0 saturated carbocycles. The second-order valence-electron chi connectivity index (χ2n) is 7.68. The van der Waals surface area contributed by atoms with Gasteiger partial charge in [0.1, 0.15) is 24.0 Å². The van der Waals surface area contributed by atoms with Crippen molar-refractivity contribution in [1.82, 2.24) is 14.9 Å². The zero-order valence-electron chi connectivity index (χ0n) is 16.5. The van der Waals surface area contributed by atoms with Crippen LogP contribution in [0, 0.1) is 12.7 Å². The number of hydrogen-bond donors (Lipinski definition) is 1. The number of amides is 1. The van der Waals surface area contributed by atoms with Crippen LogP contribution in [0.15, 0.2) is 24.4 Å². The standard InChI is InChI=1S/C21H25FN4O2.ClH/c1-14-24-12-15-5-7-21(19(15)25-14)6-2-9-26(13-21)20(27)17-11-16(22)3-4-18(17)28-10-8-23;/h3-4,11-12H,2,5-10,13,23H2,1H3;1H. The van der Waals surface area contributed by atoms with E-state index in [9.17, 15) is 9.18 Å². The number of ether oxygens (including phenoxy) is 1. The number of fused-ring (bicyclic) bond motifs is 2. The molecule has 8 heteroatoms. The maximum absolute atomic E-state index is 13.9. The van der Waals surface area contributed by atoms with Crippen LogP contribution in [0.4, 0.5) is 4.39 Å². The summed E-state index contributed by atoms with van der Waals surface area (Å²) < 4.78 is 19.4. The van der Waals surface area contributed by atoms with Gasteiger partial charge in [0.25, 0.3) is 5.91 Å². The lowest BCUT2D eigenvalue weighted by Gasteiger charge is -2.40. The molecule has 0 bridgehead atoms. The van der Waals surface area contributed by atoms with Gasteiger partial charge >= 0.3 is 0 Å². The number of nitrogens with two attached hydrogens (primary N) is 1. The molecule has 1 atom stereocenters. The molecule has 1 unspecified atom stereocenters. The predicted molar refractivity (Wildman–Crippen MR) is 110 cm³/mol. The topological polar surface area (TPSA) is 81.3 Å². The van der Waals surface area contributed by atoms with Gasteiger partial charge in [-0.05, 0) is 56.4 Å². The molecular formula is C21H26ClFN4O2. The second-order valence-corrected chi connectivity index (χ2v) is 7.68. The Morgan fingerprint density at radius 1 is 1.38 bits per heavy atom. The third-order valence-corrected chi connectivity index (χ3v) is 5.77. The number of likely N-dealkylation sites (tertiary alicyclic amines) is 1. The van der Waals surface area contributed by atoms with Gasteiger partial charge < -0.3 is 15.4 Å². The number of carbonyl (C=O) groups excluding carboxylic acids is 1. The number of piperidine rings is 1. The van der Waals surface area contributed by atoms with Gasteiger partial charge in [-0.1, -0.05) is 0 Å². The van der Waals surface area contributed by atoms with Crippen LogP contribution in [-0.2, 0) is 11.8 Å². The molecule has 1 aromatic carbocycles. The summed E-state index contributed by atoms with van der Waals surface area (Å²) >= 11 is 0. The lowest BCUT2D eigenvalue weighted by atomic mass is 9.77. The highest BCUT2D eigenvalue weighted by Crippen LogP contribution is 2.44. The molecule has 2 aliphatic rings. The SMILES string of the molecule is Cc1ncc2c(n1)C1(CCCN(C(=O)c3cc(F)ccc3OCCN)C1)CC2.Cl. The number of hydrogen-bond acceptors (Lipinski definition) is 5. The first kappa shape index (κ1) is 21.5. The van der Waals surface area contributed by atoms with Crippen LogP contribution in [0.25, 0.3) is 0 Å².